The van der Waals surface area contributed by atoms with Crippen molar-refractivity contribution in [2.75, 3.05) is 5.32 Å². The van der Waals surface area contributed by atoms with Crippen LogP contribution in [0.15, 0.2) is 12.1 Å². The number of nitrogens with one attached hydrogen (secondary N) is 1. The van der Waals surface area contributed by atoms with Crippen molar-refractivity contribution in [3.05, 3.63) is 33.9 Å². The Hall–Kier alpha value is -2.56. The largest absolute Gasteiger partial charge is 0.317 e. The van der Waals surface area contributed by atoms with Crippen molar-refractivity contribution in [1.29, 1.82) is 5.26 Å². The molecule has 0 spiro atoms. The Labute approximate surface area is 106 Å². The van der Waals surface area contributed by atoms with Gasteiger partial charge in [-0.1, -0.05) is 6.92 Å². The van der Waals surface area contributed by atoms with E-state index in [4.69, 9.17) is 5.26 Å². The van der Waals surface area contributed by atoms with Crippen molar-refractivity contribution in [1.82, 2.24) is 0 Å². The van der Waals surface area contributed by atoms with Crippen molar-refractivity contribution in [3.8, 4) is 6.07 Å². The summed E-state index contributed by atoms with van der Waals surface area (Å²) in [7, 11) is 0. The molecular weight excluding hydrogens is 260 g/mol. The number of anilines is 1. The third kappa shape index (κ3) is 3.22. The maximum Gasteiger partial charge on any atom is 0.298 e. The highest BCUT2D eigenvalue weighted by molar-refractivity contribution is 5.96. The lowest BCUT2D eigenvalue weighted by atomic mass is 10.1. The minimum Gasteiger partial charge on any atom is -0.317 e. The fraction of sp³-hybridized carbons (Fsp3) is 0.273. The molecule has 100 valence electrons. The molecule has 1 atom stereocenters. The second-order valence-corrected chi connectivity index (χ2v) is 3.62. The molecular formula is C11H9F2N3O3. The molecule has 0 bridgehead atoms. The predicted octanol–water partition coefficient (Wildman–Crippen LogP) is 2.36. The SMILES string of the molecule is CCC(C#N)C(=O)Nc1c(F)cc(F)cc1[N+](=O)[O-]. The molecule has 0 radical (unpaired) electrons. The highest BCUT2D eigenvalue weighted by Gasteiger charge is 2.25. The fourth-order valence-electron chi connectivity index (χ4n) is 1.37. The number of nitro groups is 1. The number of rotatable bonds is 4. The molecule has 0 aliphatic rings. The molecule has 1 rings (SSSR count). The number of hydrogen-bond acceptors (Lipinski definition) is 4. The number of carbonyl (C=O) groups is 1. The maximum absolute atomic E-state index is 13.5. The Balaban J connectivity index is 3.18. The van der Waals surface area contributed by atoms with E-state index in [1.165, 1.54) is 0 Å². The zero-order chi connectivity index (χ0) is 14.6. The van der Waals surface area contributed by atoms with Crippen molar-refractivity contribution >= 4 is 17.3 Å². The van der Waals surface area contributed by atoms with E-state index in [2.05, 4.69) is 0 Å². The summed E-state index contributed by atoms with van der Waals surface area (Å²) in [4.78, 5) is 21.2. The van der Waals surface area contributed by atoms with Crippen molar-refractivity contribution in [2.24, 2.45) is 5.92 Å². The van der Waals surface area contributed by atoms with Crippen LogP contribution in [-0.4, -0.2) is 10.8 Å². The van der Waals surface area contributed by atoms with Gasteiger partial charge in [0.1, 0.15) is 11.7 Å². The standard InChI is InChI=1S/C11H9F2N3O3/c1-2-6(5-14)11(17)15-10-8(13)3-7(12)4-9(10)16(18)19/h3-4,6H,2H2,1H3,(H,15,17). The number of hydrogen-bond donors (Lipinski definition) is 1. The van der Waals surface area contributed by atoms with Crippen LogP contribution >= 0.6 is 0 Å². The van der Waals surface area contributed by atoms with Crippen LogP contribution in [0.2, 0.25) is 0 Å². The van der Waals surface area contributed by atoms with Crippen LogP contribution in [0, 0.1) is 39.0 Å². The number of halogens is 2. The van der Waals surface area contributed by atoms with Gasteiger partial charge in [-0.25, -0.2) is 8.78 Å². The Morgan fingerprint density at radius 1 is 1.58 bits per heavy atom. The van der Waals surface area contributed by atoms with Gasteiger partial charge >= 0.3 is 0 Å². The first-order chi connectivity index (χ1) is 8.90. The lowest BCUT2D eigenvalue weighted by molar-refractivity contribution is -0.384. The highest BCUT2D eigenvalue weighted by atomic mass is 19.1. The molecule has 1 N–H and O–H groups in total. The summed E-state index contributed by atoms with van der Waals surface area (Å²) in [5.41, 5.74) is -1.65. The van der Waals surface area contributed by atoms with Gasteiger partial charge < -0.3 is 5.32 Å². The Morgan fingerprint density at radius 2 is 2.21 bits per heavy atom. The van der Waals surface area contributed by atoms with E-state index in [9.17, 15) is 23.7 Å². The maximum atomic E-state index is 13.5. The van der Waals surface area contributed by atoms with E-state index in [0.29, 0.717) is 12.1 Å². The molecule has 0 aromatic heterocycles. The zero-order valence-electron chi connectivity index (χ0n) is 9.81. The molecule has 1 aromatic rings. The van der Waals surface area contributed by atoms with E-state index in [1.54, 1.807) is 13.0 Å². The summed E-state index contributed by atoms with van der Waals surface area (Å²) < 4.78 is 26.3. The Kier molecular flexibility index (Phi) is 4.47. The molecule has 0 heterocycles. The van der Waals surface area contributed by atoms with Crippen molar-refractivity contribution < 1.29 is 18.5 Å². The Morgan fingerprint density at radius 3 is 2.68 bits per heavy atom. The number of nitriles is 1. The minimum absolute atomic E-state index is 0.166. The van der Waals surface area contributed by atoms with E-state index < -0.39 is 39.8 Å². The molecule has 0 saturated carbocycles. The van der Waals surface area contributed by atoms with Crippen molar-refractivity contribution in [2.45, 2.75) is 13.3 Å². The third-order valence-electron chi connectivity index (χ3n) is 2.36. The lowest BCUT2D eigenvalue weighted by Crippen LogP contribution is -2.22. The highest BCUT2D eigenvalue weighted by Crippen LogP contribution is 2.29. The average molecular weight is 269 g/mol. The monoisotopic (exact) mass is 269 g/mol. The molecule has 0 aliphatic heterocycles. The molecule has 6 nitrogen and oxygen atoms in total. The number of nitro benzene ring substituents is 1. The second-order valence-electron chi connectivity index (χ2n) is 3.62. The average Bonchev–Trinajstić information content (AvgIpc) is 2.33. The van der Waals surface area contributed by atoms with Gasteiger partial charge in [0.2, 0.25) is 5.91 Å². The summed E-state index contributed by atoms with van der Waals surface area (Å²) >= 11 is 0. The van der Waals surface area contributed by atoms with Gasteiger partial charge in [0.15, 0.2) is 11.5 Å². The molecule has 1 amide bonds. The van der Waals surface area contributed by atoms with Crippen LogP contribution < -0.4 is 5.32 Å². The third-order valence-corrected chi connectivity index (χ3v) is 2.36. The van der Waals surface area contributed by atoms with Crippen molar-refractivity contribution in [3.63, 3.8) is 0 Å². The normalized spacial score (nSPS) is 11.5. The summed E-state index contributed by atoms with van der Waals surface area (Å²) in [6.45, 7) is 1.56. The smallest absolute Gasteiger partial charge is 0.298 e. The van der Waals surface area contributed by atoms with E-state index in [1.807, 2.05) is 5.32 Å². The summed E-state index contributed by atoms with van der Waals surface area (Å²) in [5.74, 6) is -4.34. The topological polar surface area (TPSA) is 96.0 Å². The van der Waals surface area contributed by atoms with Crippen LogP contribution in [0.1, 0.15) is 13.3 Å². The van der Waals surface area contributed by atoms with Gasteiger partial charge in [0, 0.05) is 6.07 Å². The number of nitrogens with zero attached hydrogens (tertiary/aromatic N) is 2. The first-order valence-corrected chi connectivity index (χ1v) is 5.24. The Bertz CT molecular complexity index is 569. The van der Waals surface area contributed by atoms with Gasteiger partial charge in [-0.3, -0.25) is 14.9 Å². The number of benzene rings is 1. The summed E-state index contributed by atoms with van der Waals surface area (Å²) in [5, 5.41) is 21.3. The zero-order valence-corrected chi connectivity index (χ0v) is 9.81. The summed E-state index contributed by atoms with van der Waals surface area (Å²) in [6, 6.07) is 2.58. The molecule has 19 heavy (non-hydrogen) atoms. The predicted molar refractivity (Wildman–Crippen MR) is 61.0 cm³/mol. The second kappa shape index (κ2) is 5.86. The van der Waals surface area contributed by atoms with Gasteiger partial charge in [-0.2, -0.15) is 5.26 Å². The van der Waals surface area contributed by atoms with Gasteiger partial charge in [0.25, 0.3) is 5.69 Å². The first-order valence-electron chi connectivity index (χ1n) is 5.24. The van der Waals surface area contributed by atoms with E-state index in [-0.39, 0.29) is 6.42 Å². The quantitative estimate of drug-likeness (QED) is 0.670. The van der Waals surface area contributed by atoms with E-state index >= 15 is 0 Å². The number of amides is 1. The van der Waals surface area contributed by atoms with Gasteiger partial charge in [0.05, 0.1) is 17.1 Å². The molecule has 1 aromatic carbocycles. The van der Waals surface area contributed by atoms with Gasteiger partial charge in [-0.05, 0) is 6.42 Å². The fourth-order valence-corrected chi connectivity index (χ4v) is 1.37. The molecule has 8 heteroatoms. The number of carbonyl (C=O) groups excluding carboxylic acids is 1. The van der Waals surface area contributed by atoms with E-state index in [0.717, 1.165) is 0 Å². The van der Waals surface area contributed by atoms with Gasteiger partial charge in [-0.15, -0.1) is 0 Å². The van der Waals surface area contributed by atoms with Crippen LogP contribution in [0.3, 0.4) is 0 Å². The van der Waals surface area contributed by atoms with Crippen LogP contribution in [-0.2, 0) is 4.79 Å². The lowest BCUT2D eigenvalue weighted by Gasteiger charge is -2.09. The summed E-state index contributed by atoms with van der Waals surface area (Å²) in [6.07, 6.45) is 0.166. The first kappa shape index (κ1) is 14.5. The van der Waals surface area contributed by atoms with Crippen LogP contribution in [0.25, 0.3) is 0 Å². The molecule has 0 fully saturated rings. The van der Waals surface area contributed by atoms with Crippen LogP contribution in [0.5, 0.6) is 0 Å². The molecule has 1 unspecified atom stereocenters. The van der Waals surface area contributed by atoms with Crippen LogP contribution in [0.4, 0.5) is 20.2 Å². The molecule has 0 saturated heterocycles. The minimum atomic E-state index is -1.27. The molecule has 0 aliphatic carbocycles.